The van der Waals surface area contributed by atoms with Crippen molar-refractivity contribution in [3.05, 3.63) is 55.0 Å². The number of aromatic nitrogens is 4. The van der Waals surface area contributed by atoms with Crippen LogP contribution >= 0.6 is 0 Å². The average molecular weight is 317 g/mol. The van der Waals surface area contributed by atoms with E-state index in [9.17, 15) is 0 Å². The first-order chi connectivity index (χ1) is 11.8. The largest absolute Gasteiger partial charge is 0.388 e. The van der Waals surface area contributed by atoms with Gasteiger partial charge in [0.25, 0.3) is 0 Å². The van der Waals surface area contributed by atoms with E-state index in [0.29, 0.717) is 0 Å². The zero-order chi connectivity index (χ0) is 16.5. The molecule has 0 atom stereocenters. The maximum atomic E-state index is 4.80. The van der Waals surface area contributed by atoms with E-state index in [4.69, 9.17) is 5.10 Å². The van der Waals surface area contributed by atoms with Gasteiger partial charge in [-0.3, -0.25) is 4.68 Å². The minimum Gasteiger partial charge on any atom is -0.388 e. The number of H-pyrrole nitrogens is 1. The molecule has 24 heavy (non-hydrogen) atoms. The summed E-state index contributed by atoms with van der Waals surface area (Å²) in [5, 5.41) is 9.10. The Kier molecular flexibility index (Phi) is 3.54. The van der Waals surface area contributed by atoms with Crippen LogP contribution in [0.2, 0.25) is 0 Å². The summed E-state index contributed by atoms with van der Waals surface area (Å²) in [7, 11) is 1.93. The van der Waals surface area contributed by atoms with Crippen molar-refractivity contribution < 1.29 is 0 Å². The number of rotatable bonds is 4. The molecule has 0 aliphatic rings. The van der Waals surface area contributed by atoms with Crippen LogP contribution in [-0.2, 0) is 6.54 Å². The lowest BCUT2D eigenvalue weighted by atomic mass is 10.00. The first kappa shape index (κ1) is 14.5. The fourth-order valence-corrected chi connectivity index (χ4v) is 3.01. The number of nitrogens with one attached hydrogen (secondary N) is 2. The van der Waals surface area contributed by atoms with Gasteiger partial charge < -0.3 is 10.3 Å². The van der Waals surface area contributed by atoms with Crippen molar-refractivity contribution in [2.24, 2.45) is 0 Å². The van der Waals surface area contributed by atoms with Crippen LogP contribution in [0.3, 0.4) is 0 Å². The highest BCUT2D eigenvalue weighted by atomic mass is 15.3. The number of hydrogen-bond donors (Lipinski definition) is 2. The smallest absolute Gasteiger partial charge is 0.137 e. The Bertz CT molecular complexity index is 996. The summed E-state index contributed by atoms with van der Waals surface area (Å²) in [6, 6.07) is 12.4. The molecule has 5 nitrogen and oxygen atoms in total. The molecule has 4 rings (SSSR count). The first-order valence-electron chi connectivity index (χ1n) is 8.08. The van der Waals surface area contributed by atoms with Crippen molar-refractivity contribution in [3.63, 3.8) is 0 Å². The van der Waals surface area contributed by atoms with E-state index in [1.54, 1.807) is 0 Å². The molecule has 4 aromatic rings. The summed E-state index contributed by atoms with van der Waals surface area (Å²) < 4.78 is 1.98. The average Bonchev–Trinajstić information content (AvgIpc) is 3.28. The minimum absolute atomic E-state index is 0.833. The number of aromatic amines is 1. The van der Waals surface area contributed by atoms with E-state index in [1.165, 1.54) is 0 Å². The van der Waals surface area contributed by atoms with Gasteiger partial charge in [0, 0.05) is 54.4 Å². The SMILES string of the molecule is CCn1cc(-c2ccnc3[nH]ccc23)c(-c2cccc(NC)c2)n1. The minimum atomic E-state index is 0.833. The molecule has 0 unspecified atom stereocenters. The van der Waals surface area contributed by atoms with Gasteiger partial charge >= 0.3 is 0 Å². The summed E-state index contributed by atoms with van der Waals surface area (Å²) >= 11 is 0. The summed E-state index contributed by atoms with van der Waals surface area (Å²) in [6.07, 6.45) is 5.88. The molecule has 0 saturated carbocycles. The third-order valence-electron chi connectivity index (χ3n) is 4.26. The molecule has 2 N–H and O–H groups in total. The maximum Gasteiger partial charge on any atom is 0.137 e. The molecule has 120 valence electrons. The standard InChI is InChI=1S/C19H19N5/c1-3-24-12-17(15-7-9-21-19-16(15)8-10-22-19)18(23-24)13-5-4-6-14(11-13)20-2/h4-12,20H,3H2,1-2H3,(H,21,22). The molecule has 0 radical (unpaired) electrons. The first-order valence-corrected chi connectivity index (χ1v) is 8.08. The third-order valence-corrected chi connectivity index (χ3v) is 4.26. The molecule has 0 bridgehead atoms. The molecule has 0 fully saturated rings. The quantitative estimate of drug-likeness (QED) is 0.594. The lowest BCUT2D eigenvalue weighted by Gasteiger charge is -2.06. The normalized spacial score (nSPS) is 11.1. The van der Waals surface area contributed by atoms with Crippen LogP contribution in [0.4, 0.5) is 5.69 Å². The molecule has 3 heterocycles. The second-order valence-corrected chi connectivity index (χ2v) is 5.68. The molecule has 0 saturated heterocycles. The Morgan fingerprint density at radius 1 is 1.17 bits per heavy atom. The fourth-order valence-electron chi connectivity index (χ4n) is 3.01. The molecule has 0 spiro atoms. The van der Waals surface area contributed by atoms with E-state index in [-0.39, 0.29) is 0 Å². The number of fused-ring (bicyclic) bond motifs is 1. The van der Waals surface area contributed by atoms with Gasteiger partial charge in [-0.15, -0.1) is 0 Å². The van der Waals surface area contributed by atoms with Gasteiger partial charge in [0.15, 0.2) is 0 Å². The van der Waals surface area contributed by atoms with Crippen molar-refractivity contribution in [3.8, 4) is 22.4 Å². The van der Waals surface area contributed by atoms with Crippen LogP contribution < -0.4 is 5.32 Å². The van der Waals surface area contributed by atoms with Crippen molar-refractivity contribution in [1.82, 2.24) is 19.7 Å². The van der Waals surface area contributed by atoms with Gasteiger partial charge in [-0.05, 0) is 36.8 Å². The van der Waals surface area contributed by atoms with Crippen LogP contribution in [0.15, 0.2) is 55.0 Å². The highest BCUT2D eigenvalue weighted by Gasteiger charge is 2.16. The van der Waals surface area contributed by atoms with Crippen LogP contribution in [0.1, 0.15) is 6.92 Å². The molecular formula is C19H19N5. The molecule has 1 aromatic carbocycles. The summed E-state index contributed by atoms with van der Waals surface area (Å²) in [6.45, 7) is 2.93. The number of hydrogen-bond acceptors (Lipinski definition) is 3. The van der Waals surface area contributed by atoms with Crippen molar-refractivity contribution in [2.75, 3.05) is 12.4 Å². The van der Waals surface area contributed by atoms with Crippen LogP contribution in [0.5, 0.6) is 0 Å². The lowest BCUT2D eigenvalue weighted by molar-refractivity contribution is 0.662. The van der Waals surface area contributed by atoms with Gasteiger partial charge in [-0.25, -0.2) is 4.98 Å². The Hall–Kier alpha value is -3.08. The van der Waals surface area contributed by atoms with Crippen molar-refractivity contribution >= 4 is 16.7 Å². The summed E-state index contributed by atoms with van der Waals surface area (Å²) in [5.41, 5.74) is 6.33. The lowest BCUT2D eigenvalue weighted by Crippen LogP contribution is -1.94. The fraction of sp³-hybridized carbons (Fsp3) is 0.158. The van der Waals surface area contributed by atoms with Gasteiger partial charge in [-0.2, -0.15) is 5.10 Å². The number of anilines is 1. The van der Waals surface area contributed by atoms with Crippen LogP contribution in [0.25, 0.3) is 33.4 Å². The highest BCUT2D eigenvalue weighted by Crippen LogP contribution is 2.35. The van der Waals surface area contributed by atoms with E-state index in [2.05, 4.69) is 58.7 Å². The van der Waals surface area contributed by atoms with Crippen molar-refractivity contribution in [2.45, 2.75) is 13.5 Å². The number of nitrogens with zero attached hydrogens (tertiary/aromatic N) is 3. The topological polar surface area (TPSA) is 58.5 Å². The van der Waals surface area contributed by atoms with Crippen LogP contribution in [-0.4, -0.2) is 26.8 Å². The Morgan fingerprint density at radius 2 is 2.08 bits per heavy atom. The van der Waals surface area contributed by atoms with Crippen LogP contribution in [0, 0.1) is 0 Å². The molecule has 0 aliphatic carbocycles. The molecule has 3 aromatic heterocycles. The van der Waals surface area contributed by atoms with Gasteiger partial charge in [0.2, 0.25) is 0 Å². The van der Waals surface area contributed by atoms with E-state index in [0.717, 1.165) is 45.6 Å². The predicted octanol–water partition coefficient (Wildman–Crippen LogP) is 4.16. The van der Waals surface area contributed by atoms with Gasteiger partial charge in [0.05, 0.1) is 0 Å². The van der Waals surface area contributed by atoms with Crippen molar-refractivity contribution in [1.29, 1.82) is 0 Å². The van der Waals surface area contributed by atoms with Gasteiger partial charge in [-0.1, -0.05) is 12.1 Å². The van der Waals surface area contributed by atoms with Gasteiger partial charge in [0.1, 0.15) is 11.3 Å². The Balaban J connectivity index is 1.95. The molecule has 5 heteroatoms. The third kappa shape index (κ3) is 2.34. The monoisotopic (exact) mass is 317 g/mol. The zero-order valence-corrected chi connectivity index (χ0v) is 13.7. The number of pyridine rings is 1. The zero-order valence-electron chi connectivity index (χ0n) is 13.7. The molecular weight excluding hydrogens is 298 g/mol. The Labute approximate surface area is 140 Å². The maximum absolute atomic E-state index is 4.80. The van der Waals surface area contributed by atoms with E-state index >= 15 is 0 Å². The van der Waals surface area contributed by atoms with E-state index < -0.39 is 0 Å². The Morgan fingerprint density at radius 3 is 2.92 bits per heavy atom. The number of benzene rings is 1. The molecule has 0 aliphatic heterocycles. The predicted molar refractivity (Wildman–Crippen MR) is 98.0 cm³/mol. The summed E-state index contributed by atoms with van der Waals surface area (Å²) in [5.74, 6) is 0. The van der Waals surface area contributed by atoms with E-state index in [1.807, 2.05) is 30.2 Å². The highest BCUT2D eigenvalue weighted by molar-refractivity contribution is 5.96. The second kappa shape index (κ2) is 5.85. The second-order valence-electron chi connectivity index (χ2n) is 5.68. The number of aryl methyl sites for hydroxylation is 1. The molecule has 0 amide bonds. The summed E-state index contributed by atoms with van der Waals surface area (Å²) in [4.78, 5) is 7.57.